The second-order valence-corrected chi connectivity index (χ2v) is 9.65. The lowest BCUT2D eigenvalue weighted by atomic mass is 9.90. The van der Waals surface area contributed by atoms with Crippen molar-refractivity contribution >= 4 is 55.2 Å². The molecule has 0 atom stereocenters. The maximum absolute atomic E-state index is 6.19. The predicted molar refractivity (Wildman–Crippen MR) is 118 cm³/mol. The van der Waals surface area contributed by atoms with Crippen LogP contribution in [-0.4, -0.2) is 53.1 Å². The Kier molecular flexibility index (Phi) is 4.78. The molecule has 2 aliphatic rings. The number of pyridine rings is 1. The van der Waals surface area contributed by atoms with E-state index in [2.05, 4.69) is 29.2 Å². The fourth-order valence-electron chi connectivity index (χ4n) is 4.06. The summed E-state index contributed by atoms with van der Waals surface area (Å²) in [5.41, 5.74) is 5.89. The zero-order valence-corrected chi connectivity index (χ0v) is 18.4. The monoisotopic (exact) mass is 432 g/mol. The number of nitrogens with two attached hydrogens (primary N) is 1. The number of nitrogens with zero attached hydrogens (tertiary/aromatic N) is 4. The molecular formula is C19H24N6O2S2. The minimum atomic E-state index is -0.234. The minimum absolute atomic E-state index is 0.234. The Hall–Kier alpha value is -1.72. The number of hydrogen-bond acceptors (Lipinski definition) is 10. The number of thioether (sulfide) groups is 1. The van der Waals surface area contributed by atoms with Crippen LogP contribution in [0, 0.1) is 0 Å². The number of anilines is 2. The molecule has 0 bridgehead atoms. The van der Waals surface area contributed by atoms with Crippen molar-refractivity contribution in [2.75, 3.05) is 42.9 Å². The molecule has 1 saturated heterocycles. The summed E-state index contributed by atoms with van der Waals surface area (Å²) in [5.74, 6) is 7.44. The lowest BCUT2D eigenvalue weighted by Crippen LogP contribution is -2.39. The molecule has 0 saturated carbocycles. The molecule has 3 aromatic rings. The molecule has 29 heavy (non-hydrogen) atoms. The van der Waals surface area contributed by atoms with Crippen molar-refractivity contribution in [3.8, 4) is 0 Å². The van der Waals surface area contributed by atoms with Crippen molar-refractivity contribution in [2.45, 2.75) is 37.6 Å². The maximum Gasteiger partial charge on any atom is 0.189 e. The zero-order chi connectivity index (χ0) is 20.2. The van der Waals surface area contributed by atoms with Gasteiger partial charge < -0.3 is 19.8 Å². The summed E-state index contributed by atoms with van der Waals surface area (Å²) in [5, 5.41) is 1.81. The van der Waals surface area contributed by atoms with Gasteiger partial charge in [-0.2, -0.15) is 0 Å². The number of morpholine rings is 1. The van der Waals surface area contributed by atoms with Gasteiger partial charge in [0.1, 0.15) is 10.6 Å². The second-order valence-electron chi connectivity index (χ2n) is 7.88. The topological polar surface area (TPSA) is 98.4 Å². The first-order valence-electron chi connectivity index (χ1n) is 9.64. The summed E-state index contributed by atoms with van der Waals surface area (Å²) in [6.07, 6.45) is 2.78. The lowest BCUT2D eigenvalue weighted by Gasteiger charge is -2.36. The molecule has 5 heterocycles. The predicted octanol–water partition coefficient (Wildman–Crippen LogP) is 2.93. The van der Waals surface area contributed by atoms with Gasteiger partial charge in [-0.25, -0.2) is 20.8 Å². The Labute approximate surface area is 177 Å². The molecular weight excluding hydrogens is 408 g/mol. The van der Waals surface area contributed by atoms with Crippen LogP contribution in [-0.2, 0) is 22.5 Å². The largest absolute Gasteiger partial charge is 0.378 e. The molecule has 154 valence electrons. The third-order valence-corrected chi connectivity index (χ3v) is 7.10. The summed E-state index contributed by atoms with van der Waals surface area (Å²) in [4.78, 5) is 17.8. The van der Waals surface area contributed by atoms with E-state index < -0.39 is 0 Å². The van der Waals surface area contributed by atoms with Crippen LogP contribution >= 0.6 is 23.1 Å². The van der Waals surface area contributed by atoms with Crippen LogP contribution in [0.15, 0.2) is 5.16 Å². The van der Waals surface area contributed by atoms with E-state index in [0.717, 1.165) is 59.0 Å². The van der Waals surface area contributed by atoms with E-state index in [1.165, 1.54) is 22.9 Å². The molecule has 5 rings (SSSR count). The van der Waals surface area contributed by atoms with E-state index in [-0.39, 0.29) is 5.60 Å². The zero-order valence-electron chi connectivity index (χ0n) is 16.7. The molecule has 0 aliphatic carbocycles. The third kappa shape index (κ3) is 3.23. The number of rotatable bonds is 3. The highest BCUT2D eigenvalue weighted by Crippen LogP contribution is 2.44. The smallest absolute Gasteiger partial charge is 0.189 e. The molecule has 1 fully saturated rings. The highest BCUT2D eigenvalue weighted by molar-refractivity contribution is 7.98. The molecule has 0 aromatic carbocycles. The van der Waals surface area contributed by atoms with Gasteiger partial charge in [0, 0.05) is 30.5 Å². The Balaban J connectivity index is 1.83. The molecule has 3 N–H and O–H groups in total. The van der Waals surface area contributed by atoms with Crippen LogP contribution in [0.5, 0.6) is 0 Å². The Morgan fingerprint density at radius 3 is 2.69 bits per heavy atom. The quantitative estimate of drug-likeness (QED) is 0.280. The van der Waals surface area contributed by atoms with Crippen LogP contribution in [0.2, 0.25) is 0 Å². The van der Waals surface area contributed by atoms with Crippen molar-refractivity contribution in [3.05, 3.63) is 11.1 Å². The Morgan fingerprint density at radius 2 is 1.97 bits per heavy atom. The SMILES string of the molecule is CSc1nc(NN)c2sc3nc(N4CCOCC4)c4c(c3c2n1)CC(C)(C)OC4. The van der Waals surface area contributed by atoms with Crippen LogP contribution in [0.3, 0.4) is 0 Å². The standard InChI is InChI=1S/C19H24N6O2S2/c1-19(2)8-10-11(9-27-19)16(25-4-6-26-7-5-25)23-17-12(10)13-14(29-17)15(24-20)22-18(21-13)28-3/h4-9,20H2,1-3H3,(H,21,22,24). The first kappa shape index (κ1) is 19.3. The summed E-state index contributed by atoms with van der Waals surface area (Å²) in [6.45, 7) is 7.95. The van der Waals surface area contributed by atoms with Crippen LogP contribution in [0.1, 0.15) is 25.0 Å². The maximum atomic E-state index is 6.19. The van der Waals surface area contributed by atoms with Gasteiger partial charge >= 0.3 is 0 Å². The normalized spacial score (nSPS) is 19.0. The number of aromatic nitrogens is 3. The molecule has 0 amide bonds. The van der Waals surface area contributed by atoms with E-state index in [9.17, 15) is 0 Å². The lowest BCUT2D eigenvalue weighted by molar-refractivity contribution is -0.0396. The first-order chi connectivity index (χ1) is 14.0. The van der Waals surface area contributed by atoms with Crippen molar-refractivity contribution < 1.29 is 9.47 Å². The number of hydrazine groups is 1. The Bertz CT molecular complexity index is 1090. The number of thiophene rings is 1. The van der Waals surface area contributed by atoms with Gasteiger partial charge in [0.2, 0.25) is 0 Å². The summed E-state index contributed by atoms with van der Waals surface area (Å²) >= 11 is 3.10. The fraction of sp³-hybridized carbons (Fsp3) is 0.526. The van der Waals surface area contributed by atoms with Crippen molar-refractivity contribution in [3.63, 3.8) is 0 Å². The van der Waals surface area contributed by atoms with E-state index in [0.29, 0.717) is 17.6 Å². The van der Waals surface area contributed by atoms with Gasteiger partial charge in [0.05, 0.1) is 35.6 Å². The average molecular weight is 433 g/mol. The minimum Gasteiger partial charge on any atom is -0.378 e. The van der Waals surface area contributed by atoms with Crippen LogP contribution in [0.4, 0.5) is 11.6 Å². The molecule has 0 unspecified atom stereocenters. The van der Waals surface area contributed by atoms with Crippen LogP contribution in [0.25, 0.3) is 20.4 Å². The van der Waals surface area contributed by atoms with E-state index in [1.54, 1.807) is 11.3 Å². The van der Waals surface area contributed by atoms with Crippen molar-refractivity contribution in [1.82, 2.24) is 15.0 Å². The molecule has 0 spiro atoms. The molecule has 3 aromatic heterocycles. The van der Waals surface area contributed by atoms with E-state index in [1.807, 2.05) is 6.26 Å². The van der Waals surface area contributed by atoms with Crippen molar-refractivity contribution in [1.29, 1.82) is 0 Å². The van der Waals surface area contributed by atoms with E-state index >= 15 is 0 Å². The fourth-order valence-corrected chi connectivity index (χ4v) is 5.52. The first-order valence-corrected chi connectivity index (χ1v) is 11.7. The average Bonchev–Trinajstić information content (AvgIpc) is 3.11. The van der Waals surface area contributed by atoms with Gasteiger partial charge in [-0.3, -0.25) is 0 Å². The molecule has 2 aliphatic heterocycles. The molecule has 0 radical (unpaired) electrons. The van der Waals surface area contributed by atoms with Crippen molar-refractivity contribution in [2.24, 2.45) is 5.84 Å². The van der Waals surface area contributed by atoms with Crippen LogP contribution < -0.4 is 16.2 Å². The summed E-state index contributed by atoms with van der Waals surface area (Å²) in [6, 6.07) is 0. The summed E-state index contributed by atoms with van der Waals surface area (Å²) < 4.78 is 12.7. The molecule has 8 nitrogen and oxygen atoms in total. The second kappa shape index (κ2) is 7.21. The van der Waals surface area contributed by atoms with Gasteiger partial charge in [-0.15, -0.1) is 11.3 Å². The highest BCUT2D eigenvalue weighted by atomic mass is 32.2. The Morgan fingerprint density at radius 1 is 1.17 bits per heavy atom. The van der Waals surface area contributed by atoms with Gasteiger partial charge in [0.25, 0.3) is 0 Å². The number of hydrogen-bond donors (Lipinski definition) is 2. The van der Waals surface area contributed by atoms with E-state index in [4.69, 9.17) is 25.3 Å². The third-order valence-electron chi connectivity index (χ3n) is 5.48. The van der Waals surface area contributed by atoms with Gasteiger partial charge in [-0.05, 0) is 25.7 Å². The van der Waals surface area contributed by atoms with Gasteiger partial charge in [0.15, 0.2) is 11.0 Å². The number of nitrogens with one attached hydrogen (secondary N) is 1. The number of ether oxygens (including phenoxy) is 2. The number of nitrogen functional groups attached to an aromatic ring is 1. The molecule has 10 heteroatoms. The summed E-state index contributed by atoms with van der Waals surface area (Å²) in [7, 11) is 0. The highest BCUT2D eigenvalue weighted by Gasteiger charge is 2.33. The number of fused-ring (bicyclic) bond motifs is 5. The van der Waals surface area contributed by atoms with Gasteiger partial charge in [-0.1, -0.05) is 11.8 Å².